The molecule has 0 radical (unpaired) electrons. The highest BCUT2D eigenvalue weighted by atomic mass is 32.2. The fourth-order valence-electron chi connectivity index (χ4n) is 5.02. The van der Waals surface area contributed by atoms with Gasteiger partial charge in [0.05, 0.1) is 18.8 Å². The van der Waals surface area contributed by atoms with E-state index < -0.39 is 12.2 Å². The predicted octanol–water partition coefficient (Wildman–Crippen LogP) is 6.26. The van der Waals surface area contributed by atoms with Crippen LogP contribution >= 0.6 is 11.8 Å². The summed E-state index contributed by atoms with van der Waals surface area (Å²) in [5.74, 6) is 0.0827. The van der Waals surface area contributed by atoms with Crippen molar-refractivity contribution in [3.05, 3.63) is 89.5 Å². The zero-order valence-corrected chi connectivity index (χ0v) is 26.2. The van der Waals surface area contributed by atoms with E-state index in [2.05, 4.69) is 10.6 Å². The average molecular weight is 636 g/mol. The van der Waals surface area contributed by atoms with Gasteiger partial charge in [0, 0.05) is 53.8 Å². The Hall–Kier alpha value is -3.74. The van der Waals surface area contributed by atoms with E-state index in [4.69, 9.17) is 14.7 Å². The van der Waals surface area contributed by atoms with E-state index >= 15 is 0 Å². The summed E-state index contributed by atoms with van der Waals surface area (Å²) in [4.78, 5) is 36.1. The molecular weight excluding hydrogens is 594 g/mol. The van der Waals surface area contributed by atoms with Gasteiger partial charge < -0.3 is 25.2 Å². The van der Waals surface area contributed by atoms with Crippen molar-refractivity contribution in [2.75, 3.05) is 16.4 Å². The summed E-state index contributed by atoms with van der Waals surface area (Å²) in [6.07, 6.45) is 3.25. The number of thioether (sulfide) groups is 1. The van der Waals surface area contributed by atoms with Gasteiger partial charge >= 0.3 is 0 Å². The van der Waals surface area contributed by atoms with Gasteiger partial charge in [0.15, 0.2) is 6.29 Å². The molecular formula is C34H41N3O7S. The van der Waals surface area contributed by atoms with Crippen LogP contribution in [0, 0.1) is 0 Å². The minimum absolute atomic E-state index is 0.0284. The molecule has 0 aliphatic carbocycles. The van der Waals surface area contributed by atoms with Crippen molar-refractivity contribution in [1.29, 1.82) is 0 Å². The first kappa shape index (κ1) is 34.1. The normalized spacial score (nSPS) is 17.8. The third-order valence-corrected chi connectivity index (χ3v) is 8.49. The van der Waals surface area contributed by atoms with Crippen molar-refractivity contribution >= 4 is 40.9 Å². The number of hydroxylamine groups is 1. The van der Waals surface area contributed by atoms with Crippen molar-refractivity contribution in [3.8, 4) is 0 Å². The van der Waals surface area contributed by atoms with Gasteiger partial charge in [0.2, 0.25) is 17.7 Å². The summed E-state index contributed by atoms with van der Waals surface area (Å²) in [6, 6.07) is 22.9. The molecule has 4 rings (SSSR count). The largest absolute Gasteiger partial charge is 0.392 e. The average Bonchev–Trinajstić information content (AvgIpc) is 3.05. The molecule has 5 N–H and O–H groups in total. The third-order valence-electron chi connectivity index (χ3n) is 7.35. The predicted molar refractivity (Wildman–Crippen MR) is 173 cm³/mol. The second kappa shape index (κ2) is 17.7. The van der Waals surface area contributed by atoms with E-state index in [1.165, 1.54) is 6.92 Å². The van der Waals surface area contributed by atoms with Crippen molar-refractivity contribution in [2.45, 2.75) is 81.9 Å². The third kappa shape index (κ3) is 11.3. The van der Waals surface area contributed by atoms with Crippen LogP contribution in [0.2, 0.25) is 0 Å². The lowest BCUT2D eigenvalue weighted by atomic mass is 10.0. The monoisotopic (exact) mass is 635 g/mol. The van der Waals surface area contributed by atoms with Crippen molar-refractivity contribution in [1.82, 2.24) is 5.48 Å². The molecule has 11 heteroatoms. The number of rotatable bonds is 15. The van der Waals surface area contributed by atoms with Crippen LogP contribution in [0.15, 0.2) is 77.7 Å². The minimum Gasteiger partial charge on any atom is -0.392 e. The molecule has 10 nitrogen and oxygen atoms in total. The number of amides is 3. The Morgan fingerprint density at radius 1 is 0.822 bits per heavy atom. The lowest BCUT2D eigenvalue weighted by molar-refractivity contribution is -0.245. The SMILES string of the molecule is CC(=O)Nc1ccc(SC[C@@H]2C[C@H](c3ccc(CO)cc3)O[C@H](c3cccc(NC(=O)CCCCCCC(=O)NO)c3)O2)cc1. The maximum Gasteiger partial charge on any atom is 0.243 e. The number of hydrogen-bond donors (Lipinski definition) is 5. The van der Waals surface area contributed by atoms with E-state index in [1.54, 1.807) is 17.2 Å². The summed E-state index contributed by atoms with van der Waals surface area (Å²) >= 11 is 1.67. The minimum atomic E-state index is -0.651. The molecule has 0 aromatic heterocycles. The van der Waals surface area contributed by atoms with Crippen LogP contribution in [0.25, 0.3) is 0 Å². The summed E-state index contributed by atoms with van der Waals surface area (Å²) in [5, 5.41) is 23.8. The number of hydrogen-bond acceptors (Lipinski definition) is 8. The molecule has 3 aromatic carbocycles. The first-order valence-corrected chi connectivity index (χ1v) is 16.2. The molecule has 45 heavy (non-hydrogen) atoms. The Labute approximate surface area is 267 Å². The molecule has 240 valence electrons. The number of aliphatic hydroxyl groups is 1. The molecule has 0 saturated carbocycles. The van der Waals surface area contributed by atoms with Crippen LogP contribution in [0.5, 0.6) is 0 Å². The fourth-order valence-corrected chi connectivity index (χ4v) is 5.94. The zero-order chi connectivity index (χ0) is 32.0. The first-order valence-electron chi connectivity index (χ1n) is 15.2. The smallest absolute Gasteiger partial charge is 0.243 e. The van der Waals surface area contributed by atoms with E-state index in [0.717, 1.165) is 40.1 Å². The number of aliphatic hydroxyl groups excluding tert-OH is 1. The Kier molecular flexibility index (Phi) is 13.4. The quantitative estimate of drug-likeness (QED) is 0.0569. The number of carbonyl (C=O) groups is 3. The van der Waals surface area contributed by atoms with Gasteiger partial charge in [-0.3, -0.25) is 19.6 Å². The van der Waals surface area contributed by atoms with E-state index in [9.17, 15) is 19.5 Å². The maximum atomic E-state index is 12.6. The molecule has 1 aliphatic heterocycles. The molecule has 1 heterocycles. The highest BCUT2D eigenvalue weighted by Gasteiger charge is 2.32. The van der Waals surface area contributed by atoms with E-state index in [0.29, 0.717) is 37.1 Å². The van der Waals surface area contributed by atoms with Gasteiger partial charge in [-0.1, -0.05) is 49.2 Å². The lowest BCUT2D eigenvalue weighted by Crippen LogP contribution is -2.31. The second-order valence-electron chi connectivity index (χ2n) is 11.0. The number of benzene rings is 3. The molecule has 3 atom stereocenters. The Balaban J connectivity index is 1.38. The Morgan fingerprint density at radius 2 is 1.53 bits per heavy atom. The van der Waals surface area contributed by atoms with Gasteiger partial charge in [0.25, 0.3) is 0 Å². The number of ether oxygens (including phenoxy) is 2. The fraction of sp³-hybridized carbons (Fsp3) is 0.382. The molecule has 3 amide bonds. The van der Waals surface area contributed by atoms with Gasteiger partial charge in [-0.2, -0.15) is 0 Å². The standard InChI is InChI=1S/C34H41N3O7S/c1-23(39)35-27-15-17-30(18-16-27)45-22-29-20-31(25-13-11-24(21-38)12-14-25)44-34(43-29)26-7-6-8-28(19-26)36-32(40)9-4-2-3-5-10-33(41)37-42/h6-8,11-19,29,31,34,38,42H,2-5,9-10,20-22H2,1H3,(H,35,39)(H,36,40)(H,37,41)/t29-,31+,34+/m0/s1. The summed E-state index contributed by atoms with van der Waals surface area (Å²) < 4.78 is 12.9. The molecule has 0 bridgehead atoms. The van der Waals surface area contributed by atoms with Crippen LogP contribution in [-0.4, -0.2) is 39.9 Å². The summed E-state index contributed by atoms with van der Waals surface area (Å²) in [5.41, 5.74) is 5.65. The van der Waals surface area contributed by atoms with Crippen LogP contribution in [-0.2, 0) is 30.5 Å². The maximum absolute atomic E-state index is 12.6. The van der Waals surface area contributed by atoms with Crippen LogP contribution < -0.4 is 16.1 Å². The molecule has 1 fully saturated rings. The van der Waals surface area contributed by atoms with Crippen molar-refractivity contribution in [3.63, 3.8) is 0 Å². The Bertz CT molecular complexity index is 1400. The van der Waals surface area contributed by atoms with Gasteiger partial charge in [-0.05, 0) is 60.4 Å². The molecule has 0 spiro atoms. The number of nitrogens with one attached hydrogen (secondary N) is 3. The highest BCUT2D eigenvalue weighted by molar-refractivity contribution is 7.99. The highest BCUT2D eigenvalue weighted by Crippen LogP contribution is 2.40. The number of anilines is 2. The van der Waals surface area contributed by atoms with Crippen LogP contribution in [0.1, 0.15) is 81.0 Å². The van der Waals surface area contributed by atoms with Crippen LogP contribution in [0.3, 0.4) is 0 Å². The van der Waals surface area contributed by atoms with Gasteiger partial charge in [-0.25, -0.2) is 5.48 Å². The molecule has 0 unspecified atom stereocenters. The first-order chi connectivity index (χ1) is 21.8. The molecule has 1 aliphatic rings. The van der Waals surface area contributed by atoms with E-state index in [-0.39, 0.29) is 37.0 Å². The van der Waals surface area contributed by atoms with Crippen molar-refractivity contribution in [2.24, 2.45) is 0 Å². The van der Waals surface area contributed by atoms with Gasteiger partial charge in [-0.15, -0.1) is 11.8 Å². The zero-order valence-electron chi connectivity index (χ0n) is 25.4. The summed E-state index contributed by atoms with van der Waals surface area (Å²) in [7, 11) is 0. The van der Waals surface area contributed by atoms with Crippen LogP contribution in [0.4, 0.5) is 11.4 Å². The lowest BCUT2D eigenvalue weighted by Gasteiger charge is -2.36. The summed E-state index contributed by atoms with van der Waals surface area (Å²) in [6.45, 7) is 1.45. The number of carbonyl (C=O) groups excluding carboxylic acids is 3. The second-order valence-corrected chi connectivity index (χ2v) is 12.1. The molecule has 3 aromatic rings. The Morgan fingerprint density at radius 3 is 2.20 bits per heavy atom. The van der Waals surface area contributed by atoms with Gasteiger partial charge in [0.1, 0.15) is 0 Å². The molecule has 1 saturated heterocycles. The van der Waals surface area contributed by atoms with E-state index in [1.807, 2.05) is 72.8 Å². The topological polar surface area (TPSA) is 146 Å². The number of unbranched alkanes of at least 4 members (excludes halogenated alkanes) is 3. The van der Waals surface area contributed by atoms with Crippen molar-refractivity contribution < 1.29 is 34.2 Å².